The van der Waals surface area contributed by atoms with Gasteiger partial charge in [-0.05, 0) is 74.9 Å². The molecule has 0 heteroatoms. The van der Waals surface area contributed by atoms with Gasteiger partial charge in [-0.2, -0.15) is 0 Å². The highest BCUT2D eigenvalue weighted by Crippen LogP contribution is 2.24. The maximum Gasteiger partial charge on any atom is -0.0392 e. The first-order chi connectivity index (χ1) is 6.46. The van der Waals surface area contributed by atoms with E-state index in [2.05, 4.69) is 54.7 Å². The molecular formula is C14H22. The Morgan fingerprint density at radius 2 is 0.500 bits per heavy atom. The third-order valence-electron chi connectivity index (χ3n) is 3.38. The van der Waals surface area contributed by atoms with Gasteiger partial charge >= 0.3 is 0 Å². The van der Waals surface area contributed by atoms with Gasteiger partial charge in [-0.1, -0.05) is 0 Å². The Hall–Kier alpha value is -1.04. The second kappa shape index (κ2) is 4.99. The van der Waals surface area contributed by atoms with Gasteiger partial charge in [0, 0.05) is 0 Å². The van der Waals surface area contributed by atoms with Crippen molar-refractivity contribution >= 4 is 0 Å². The van der Waals surface area contributed by atoms with Crippen molar-refractivity contribution in [2.24, 2.45) is 0 Å². The molecule has 0 aliphatic carbocycles. The molecule has 78 valence electrons. The smallest absolute Gasteiger partial charge is 0.0392 e. The molecule has 0 aliphatic rings. The van der Waals surface area contributed by atoms with Crippen LogP contribution in [0, 0.1) is 41.5 Å². The molecule has 0 spiro atoms. The lowest BCUT2D eigenvalue weighted by atomic mass is 9.90. The second-order valence-corrected chi connectivity index (χ2v) is 3.75. The number of rotatable bonds is 0. The topological polar surface area (TPSA) is 0 Å². The Kier molecular flexibility index (Phi) is 4.62. The maximum absolute atomic E-state index is 3.00. The van der Waals surface area contributed by atoms with Crippen molar-refractivity contribution in [2.45, 2.75) is 41.5 Å². The van der Waals surface area contributed by atoms with Crippen LogP contribution in [0.15, 0.2) is 13.2 Å². The summed E-state index contributed by atoms with van der Waals surface area (Å²) in [6.45, 7) is 19.3. The van der Waals surface area contributed by atoms with E-state index in [0.29, 0.717) is 0 Å². The van der Waals surface area contributed by atoms with Gasteiger partial charge in [0.25, 0.3) is 0 Å². The Bertz CT molecular complexity index is 227. The van der Waals surface area contributed by atoms with Crippen LogP contribution in [-0.2, 0) is 0 Å². The summed E-state index contributed by atoms with van der Waals surface area (Å²) >= 11 is 0. The zero-order chi connectivity index (χ0) is 11.5. The van der Waals surface area contributed by atoms with Crippen molar-refractivity contribution < 1.29 is 0 Å². The average Bonchev–Trinajstić information content (AvgIpc) is 2.24. The summed E-state index contributed by atoms with van der Waals surface area (Å²) in [7, 11) is 0. The van der Waals surface area contributed by atoms with Crippen LogP contribution in [0.1, 0.15) is 33.4 Å². The Morgan fingerprint density at radius 1 is 0.429 bits per heavy atom. The van der Waals surface area contributed by atoms with E-state index in [1.807, 2.05) is 0 Å². The first-order valence-electron chi connectivity index (χ1n) is 5.00. The molecule has 0 nitrogen and oxygen atoms in total. The molecule has 14 heavy (non-hydrogen) atoms. The van der Waals surface area contributed by atoms with Crippen molar-refractivity contribution in [3.63, 3.8) is 0 Å². The predicted molar refractivity (Wildman–Crippen MR) is 66.1 cm³/mol. The van der Waals surface area contributed by atoms with E-state index in [-0.39, 0.29) is 0 Å². The van der Waals surface area contributed by atoms with Crippen LogP contribution in [0.5, 0.6) is 0 Å². The molecule has 0 bridgehead atoms. The van der Waals surface area contributed by atoms with Crippen LogP contribution in [0.2, 0.25) is 0 Å². The fraction of sp³-hybridized carbons (Fsp3) is 0.429. The molecule has 0 aliphatic heterocycles. The monoisotopic (exact) mass is 190 g/mol. The standard InChI is InChI=1S/C12H18.C2H4/c1-7-8(2)10(4)12(6)11(5)9(7)3;1-2/h1-6H3;1-2H2. The van der Waals surface area contributed by atoms with Gasteiger partial charge in [0.2, 0.25) is 0 Å². The van der Waals surface area contributed by atoms with Gasteiger partial charge in [0.1, 0.15) is 0 Å². The fourth-order valence-corrected chi connectivity index (χ4v) is 1.69. The summed E-state index contributed by atoms with van der Waals surface area (Å²) < 4.78 is 0. The number of hydrogen-bond acceptors (Lipinski definition) is 0. The Labute approximate surface area is 88.7 Å². The number of hydrogen-bond donors (Lipinski definition) is 0. The van der Waals surface area contributed by atoms with Crippen molar-refractivity contribution in [3.8, 4) is 0 Å². The highest BCUT2D eigenvalue weighted by atomic mass is 14.1. The van der Waals surface area contributed by atoms with E-state index in [0.717, 1.165) is 0 Å². The molecule has 0 amide bonds. The lowest BCUT2D eigenvalue weighted by Crippen LogP contribution is -1.98. The molecule has 0 fully saturated rings. The van der Waals surface area contributed by atoms with Crippen molar-refractivity contribution in [1.82, 2.24) is 0 Å². The SMILES string of the molecule is C=C.Cc1c(C)c(C)c(C)c(C)c1C. The van der Waals surface area contributed by atoms with Gasteiger partial charge < -0.3 is 0 Å². The second-order valence-electron chi connectivity index (χ2n) is 3.75. The minimum Gasteiger partial charge on any atom is -0.106 e. The molecule has 0 atom stereocenters. The van der Waals surface area contributed by atoms with Gasteiger partial charge in [-0.15, -0.1) is 13.2 Å². The third kappa shape index (κ3) is 2.06. The lowest BCUT2D eigenvalue weighted by Gasteiger charge is -2.15. The molecule has 1 aromatic carbocycles. The molecule has 1 aromatic rings. The van der Waals surface area contributed by atoms with E-state index in [9.17, 15) is 0 Å². The highest BCUT2D eigenvalue weighted by Gasteiger charge is 2.07. The van der Waals surface area contributed by atoms with Crippen LogP contribution in [0.3, 0.4) is 0 Å². The van der Waals surface area contributed by atoms with Gasteiger partial charge in [-0.3, -0.25) is 0 Å². The summed E-state index contributed by atoms with van der Waals surface area (Å²) in [6.07, 6.45) is 0. The summed E-state index contributed by atoms with van der Waals surface area (Å²) in [5, 5.41) is 0. The summed E-state index contributed by atoms with van der Waals surface area (Å²) in [6, 6.07) is 0. The largest absolute Gasteiger partial charge is 0.106 e. The predicted octanol–water partition coefficient (Wildman–Crippen LogP) is 4.34. The zero-order valence-electron chi connectivity index (χ0n) is 10.4. The highest BCUT2D eigenvalue weighted by molar-refractivity contribution is 5.48. The first kappa shape index (κ1) is 13.0. The number of benzene rings is 1. The van der Waals surface area contributed by atoms with Crippen LogP contribution >= 0.6 is 0 Å². The fourth-order valence-electron chi connectivity index (χ4n) is 1.69. The van der Waals surface area contributed by atoms with Gasteiger partial charge in [0.05, 0.1) is 0 Å². The molecular weight excluding hydrogens is 168 g/mol. The molecule has 0 heterocycles. The maximum atomic E-state index is 3.00. The Morgan fingerprint density at radius 3 is 0.571 bits per heavy atom. The van der Waals surface area contributed by atoms with Crippen molar-refractivity contribution in [1.29, 1.82) is 0 Å². The summed E-state index contributed by atoms with van der Waals surface area (Å²) in [5.74, 6) is 0. The third-order valence-corrected chi connectivity index (χ3v) is 3.38. The van der Waals surface area contributed by atoms with Crippen LogP contribution in [0.25, 0.3) is 0 Å². The first-order valence-corrected chi connectivity index (χ1v) is 5.00. The van der Waals surface area contributed by atoms with Crippen molar-refractivity contribution in [3.05, 3.63) is 46.5 Å². The molecule has 0 unspecified atom stereocenters. The average molecular weight is 190 g/mol. The molecule has 0 N–H and O–H groups in total. The minimum atomic E-state index is 1.45. The molecule has 0 saturated carbocycles. The Balaban J connectivity index is 0.000000791. The quantitative estimate of drug-likeness (QED) is 0.534. The van der Waals surface area contributed by atoms with E-state index < -0.39 is 0 Å². The lowest BCUT2D eigenvalue weighted by molar-refractivity contribution is 1.13. The summed E-state index contributed by atoms with van der Waals surface area (Å²) in [5.41, 5.74) is 8.73. The van der Waals surface area contributed by atoms with E-state index in [1.165, 1.54) is 33.4 Å². The molecule has 1 rings (SSSR count). The summed E-state index contributed by atoms with van der Waals surface area (Å²) in [4.78, 5) is 0. The molecule has 0 radical (unpaired) electrons. The molecule has 0 aromatic heterocycles. The van der Waals surface area contributed by atoms with Crippen LogP contribution in [0.4, 0.5) is 0 Å². The zero-order valence-corrected chi connectivity index (χ0v) is 10.4. The van der Waals surface area contributed by atoms with Gasteiger partial charge in [0.15, 0.2) is 0 Å². The molecule has 0 saturated heterocycles. The minimum absolute atomic E-state index is 1.45. The van der Waals surface area contributed by atoms with Crippen molar-refractivity contribution in [2.75, 3.05) is 0 Å². The van der Waals surface area contributed by atoms with E-state index >= 15 is 0 Å². The van der Waals surface area contributed by atoms with E-state index in [4.69, 9.17) is 0 Å². The van der Waals surface area contributed by atoms with Crippen LogP contribution < -0.4 is 0 Å². The van der Waals surface area contributed by atoms with Gasteiger partial charge in [-0.25, -0.2) is 0 Å². The normalized spacial score (nSPS) is 9.29. The van der Waals surface area contributed by atoms with E-state index in [1.54, 1.807) is 0 Å². The van der Waals surface area contributed by atoms with Crippen LogP contribution in [-0.4, -0.2) is 0 Å².